The van der Waals surface area contributed by atoms with Crippen LogP contribution in [0.15, 0.2) is 18.7 Å². The zero-order chi connectivity index (χ0) is 21.8. The molecule has 7 nitrogen and oxygen atoms in total. The number of halogens is 2. The molecule has 0 aliphatic heterocycles. The first-order valence-electron chi connectivity index (χ1n) is 9.58. The maximum absolute atomic E-state index is 15.2. The molecule has 1 aromatic carbocycles. The Labute approximate surface area is 190 Å². The largest absolute Gasteiger partial charge is 0.473 e. The van der Waals surface area contributed by atoms with Crippen LogP contribution in [0, 0.1) is 5.82 Å². The molecular formula is C20H26FIN5O2P. The molecule has 2 unspecified atom stereocenters. The van der Waals surface area contributed by atoms with Crippen molar-refractivity contribution in [2.24, 2.45) is 7.05 Å². The molecule has 0 saturated heterocycles. The predicted octanol–water partition coefficient (Wildman–Crippen LogP) is 4.53. The van der Waals surface area contributed by atoms with Gasteiger partial charge in [-0.1, -0.05) is 13.5 Å². The smallest absolute Gasteiger partial charge is 0.220 e. The normalized spacial score (nSPS) is 12.9. The zero-order valence-electron chi connectivity index (χ0n) is 17.5. The summed E-state index contributed by atoms with van der Waals surface area (Å²) in [6.07, 6.45) is 1.84. The van der Waals surface area contributed by atoms with Gasteiger partial charge >= 0.3 is 0 Å². The minimum absolute atomic E-state index is 0.0882. The van der Waals surface area contributed by atoms with E-state index in [2.05, 4.69) is 44.1 Å². The van der Waals surface area contributed by atoms with Gasteiger partial charge in [-0.2, -0.15) is 10.2 Å². The van der Waals surface area contributed by atoms with Crippen molar-refractivity contribution in [2.45, 2.75) is 26.6 Å². The van der Waals surface area contributed by atoms with E-state index < -0.39 is 0 Å². The van der Waals surface area contributed by atoms with E-state index >= 15 is 4.39 Å². The lowest BCUT2D eigenvalue weighted by Gasteiger charge is -2.17. The van der Waals surface area contributed by atoms with Crippen LogP contribution in [0.3, 0.4) is 0 Å². The third kappa shape index (κ3) is 4.54. The fraction of sp³-hybridized carbons (Fsp3) is 0.400. The van der Waals surface area contributed by atoms with Crippen LogP contribution < -0.4 is 10.1 Å². The van der Waals surface area contributed by atoms with E-state index in [1.807, 2.05) is 27.0 Å². The number of nitrogens with zero attached hydrogens (tertiary/aromatic N) is 4. The van der Waals surface area contributed by atoms with E-state index in [0.29, 0.717) is 40.3 Å². The lowest BCUT2D eigenvalue weighted by atomic mass is 10.0. The van der Waals surface area contributed by atoms with Crippen molar-refractivity contribution in [3.8, 4) is 17.0 Å². The molecule has 162 valence electrons. The number of ether oxygens (including phenoxy) is 2. The molecule has 2 aromatic heterocycles. The highest BCUT2D eigenvalue weighted by Crippen LogP contribution is 2.39. The highest BCUT2D eigenvalue weighted by molar-refractivity contribution is 14.2. The number of likely N-dealkylation sites (N-methyl/N-ethyl adjacent to an activating group) is 1. The van der Waals surface area contributed by atoms with Crippen LogP contribution in [0.5, 0.6) is 5.88 Å². The van der Waals surface area contributed by atoms with Crippen molar-refractivity contribution >= 4 is 45.4 Å². The van der Waals surface area contributed by atoms with Crippen LogP contribution in [0.4, 0.5) is 4.39 Å². The Morgan fingerprint density at radius 1 is 1.40 bits per heavy atom. The molecule has 0 amide bonds. The lowest BCUT2D eigenvalue weighted by molar-refractivity contribution is 0.181. The van der Waals surface area contributed by atoms with Crippen LogP contribution in [0.25, 0.3) is 28.1 Å². The zero-order valence-corrected chi connectivity index (χ0v) is 20.7. The summed E-state index contributed by atoms with van der Waals surface area (Å²) in [4.78, 5) is 0. The van der Waals surface area contributed by atoms with Crippen LogP contribution in [0.2, 0.25) is 0 Å². The summed E-state index contributed by atoms with van der Waals surface area (Å²) in [6, 6.07) is 3.44. The van der Waals surface area contributed by atoms with Gasteiger partial charge in [0.05, 0.1) is 29.9 Å². The molecule has 10 heteroatoms. The Morgan fingerprint density at radius 3 is 2.80 bits per heavy atom. The van der Waals surface area contributed by atoms with Gasteiger partial charge in [0.1, 0.15) is 17.4 Å². The lowest BCUT2D eigenvalue weighted by Crippen LogP contribution is -2.29. The number of nitrogens with one attached hydrogen (secondary N) is 1. The Kier molecular flexibility index (Phi) is 7.84. The fourth-order valence-corrected chi connectivity index (χ4v) is 4.89. The number of aromatic nitrogens is 4. The number of aryl methyl sites for hydroxylation is 1. The second kappa shape index (κ2) is 10.2. The first kappa shape index (κ1) is 23.1. The predicted molar refractivity (Wildman–Crippen MR) is 129 cm³/mol. The molecule has 30 heavy (non-hydrogen) atoms. The van der Waals surface area contributed by atoms with Gasteiger partial charge in [-0.25, -0.2) is 13.5 Å². The average Bonchev–Trinajstić information content (AvgIpc) is 3.24. The average molecular weight is 545 g/mol. The molecule has 1 N–H and O–H groups in total. The number of rotatable bonds is 10. The molecule has 2 heterocycles. The van der Waals surface area contributed by atoms with Crippen molar-refractivity contribution in [1.82, 2.24) is 24.6 Å². The molecule has 3 aromatic rings. The van der Waals surface area contributed by atoms with Crippen LogP contribution in [0.1, 0.15) is 25.2 Å². The quantitative estimate of drug-likeness (QED) is 0.300. The maximum atomic E-state index is 15.2. The third-order valence-corrected chi connectivity index (χ3v) is 6.52. The van der Waals surface area contributed by atoms with E-state index in [1.54, 1.807) is 22.3 Å². The maximum Gasteiger partial charge on any atom is 0.220 e. The van der Waals surface area contributed by atoms with Crippen molar-refractivity contribution < 1.29 is 13.9 Å². The molecule has 0 saturated carbocycles. The highest BCUT2D eigenvalue weighted by atomic mass is 127. The number of benzene rings is 1. The van der Waals surface area contributed by atoms with Gasteiger partial charge in [0.15, 0.2) is 0 Å². The SMILES string of the molecule is C=Cc1nn(PI)c2c(F)cc(-c3c(COC)nn(C)c3OC(C)CNCC)cc12. The summed E-state index contributed by atoms with van der Waals surface area (Å²) < 4.78 is 30.1. The molecule has 0 bridgehead atoms. The molecule has 0 radical (unpaired) electrons. The summed E-state index contributed by atoms with van der Waals surface area (Å²) >= 11 is 2.19. The van der Waals surface area contributed by atoms with Crippen molar-refractivity contribution in [3.63, 3.8) is 0 Å². The van der Waals surface area contributed by atoms with Gasteiger partial charge in [-0.05, 0) is 59.3 Å². The van der Waals surface area contributed by atoms with Gasteiger partial charge in [0.25, 0.3) is 0 Å². The van der Waals surface area contributed by atoms with Crippen molar-refractivity contribution in [3.05, 3.63) is 35.9 Å². The van der Waals surface area contributed by atoms with E-state index in [-0.39, 0.29) is 24.9 Å². The summed E-state index contributed by atoms with van der Waals surface area (Å²) in [6.45, 7) is 9.70. The molecule has 0 aliphatic carbocycles. The minimum Gasteiger partial charge on any atom is -0.473 e. The van der Waals surface area contributed by atoms with E-state index in [9.17, 15) is 0 Å². The minimum atomic E-state index is -0.342. The summed E-state index contributed by atoms with van der Waals surface area (Å²) in [5, 5.41) is 13.0. The van der Waals surface area contributed by atoms with Gasteiger partial charge in [0, 0.05) is 26.1 Å². The molecular weight excluding hydrogens is 519 g/mol. The second-order valence-electron chi connectivity index (χ2n) is 6.86. The van der Waals surface area contributed by atoms with Crippen LogP contribution >= 0.6 is 28.4 Å². The van der Waals surface area contributed by atoms with E-state index in [4.69, 9.17) is 9.47 Å². The standard InChI is InChI=1S/C20H26FIN5O2P/c1-6-16-14-8-13(9-15(21)19(14)27(25-16)30-22)18-17(11-28-5)24-26(4)20(18)29-12(3)10-23-7-2/h6,8-9,12,23,30H,1,7,10-11H2,2-5H3. The molecule has 3 rings (SSSR count). The third-order valence-electron chi connectivity index (χ3n) is 4.66. The van der Waals surface area contributed by atoms with Gasteiger partial charge in [-0.15, -0.1) is 0 Å². The summed E-state index contributed by atoms with van der Waals surface area (Å²) in [5.41, 5.74) is 3.21. The molecule has 0 fully saturated rings. The Balaban J connectivity index is 2.18. The topological polar surface area (TPSA) is 66.1 Å². The Morgan fingerprint density at radius 2 is 2.17 bits per heavy atom. The first-order valence-corrected chi connectivity index (χ1v) is 13.6. The molecule has 0 aliphatic rings. The van der Waals surface area contributed by atoms with Crippen molar-refractivity contribution in [1.29, 1.82) is 0 Å². The number of fused-ring (bicyclic) bond motifs is 1. The van der Waals surface area contributed by atoms with Gasteiger partial charge in [0.2, 0.25) is 5.88 Å². The second-order valence-corrected chi connectivity index (χ2v) is 8.90. The molecule has 2 atom stereocenters. The number of hydrogen-bond acceptors (Lipinski definition) is 5. The molecule has 0 spiro atoms. The number of hydrogen-bond donors (Lipinski definition) is 1. The fourth-order valence-electron chi connectivity index (χ4n) is 3.38. The summed E-state index contributed by atoms with van der Waals surface area (Å²) in [5.74, 6) is 0.237. The van der Waals surface area contributed by atoms with E-state index in [0.717, 1.165) is 12.1 Å². The van der Waals surface area contributed by atoms with Crippen molar-refractivity contribution in [2.75, 3.05) is 20.2 Å². The van der Waals surface area contributed by atoms with Crippen LogP contribution in [-0.2, 0) is 18.4 Å². The van der Waals surface area contributed by atoms with E-state index in [1.165, 1.54) is 6.07 Å². The first-order chi connectivity index (χ1) is 14.4. The van der Waals surface area contributed by atoms with Gasteiger partial charge < -0.3 is 14.8 Å². The van der Waals surface area contributed by atoms with Gasteiger partial charge in [-0.3, -0.25) is 0 Å². The monoisotopic (exact) mass is 545 g/mol. The number of methoxy groups -OCH3 is 1. The Hall–Kier alpha value is -1.55. The Bertz CT molecular complexity index is 1050. The van der Waals surface area contributed by atoms with Crippen LogP contribution in [-0.4, -0.2) is 45.6 Å². The highest BCUT2D eigenvalue weighted by Gasteiger charge is 2.24. The summed E-state index contributed by atoms with van der Waals surface area (Å²) in [7, 11) is 3.43.